The summed E-state index contributed by atoms with van der Waals surface area (Å²) in [6.45, 7) is 2.55. The van der Waals surface area contributed by atoms with E-state index in [0.717, 1.165) is 24.3 Å². The Bertz CT molecular complexity index is 523. The zero-order valence-electron chi connectivity index (χ0n) is 9.36. The lowest BCUT2D eigenvalue weighted by atomic mass is 10.2. The van der Waals surface area contributed by atoms with Gasteiger partial charge in [-0.05, 0) is 38.1 Å². The van der Waals surface area contributed by atoms with E-state index in [0.29, 0.717) is 0 Å². The highest BCUT2D eigenvalue weighted by Gasteiger charge is 2.40. The second-order valence-electron chi connectivity index (χ2n) is 3.95. The summed E-state index contributed by atoms with van der Waals surface area (Å²) in [5.41, 5.74) is 1.52. The van der Waals surface area contributed by atoms with Crippen LogP contribution >= 0.6 is 0 Å². The van der Waals surface area contributed by atoms with Gasteiger partial charge in [0.25, 0.3) is 0 Å². The van der Waals surface area contributed by atoms with Crippen LogP contribution in [0, 0.1) is 11.2 Å². The highest BCUT2D eigenvalue weighted by molar-refractivity contribution is 7.93. The minimum absolute atomic E-state index is 0.107. The topological polar surface area (TPSA) is 90.2 Å². The summed E-state index contributed by atoms with van der Waals surface area (Å²) in [5.74, 6) is -1.10. The van der Waals surface area contributed by atoms with E-state index < -0.39 is 26.2 Å². The molecule has 0 aliphatic heterocycles. The first-order valence-corrected chi connectivity index (χ1v) is 6.21. The monoisotopic (exact) mass is 260 g/mol. The van der Waals surface area contributed by atoms with Crippen LogP contribution in [-0.4, -0.2) is 24.2 Å². The number of amidine groups is 1. The Morgan fingerprint density at radius 2 is 1.82 bits per heavy atom. The van der Waals surface area contributed by atoms with Crippen LogP contribution in [0.4, 0.5) is 4.39 Å². The maximum atomic E-state index is 12.7. The first-order chi connectivity index (χ1) is 7.73. The molecule has 0 radical (unpaired) electrons. The number of nitrogens with one attached hydrogen (secondary N) is 2. The first-order valence-electron chi connectivity index (χ1n) is 4.73. The second kappa shape index (κ2) is 4.42. The molecule has 0 heterocycles. The summed E-state index contributed by atoms with van der Waals surface area (Å²) in [7, 11) is -3.88. The minimum atomic E-state index is -3.88. The van der Waals surface area contributed by atoms with Gasteiger partial charge in [-0.2, -0.15) is 0 Å². The zero-order valence-corrected chi connectivity index (χ0v) is 10.2. The van der Waals surface area contributed by atoms with Crippen molar-refractivity contribution in [1.29, 1.82) is 5.41 Å². The van der Waals surface area contributed by atoms with Crippen molar-refractivity contribution in [2.24, 2.45) is 0 Å². The van der Waals surface area contributed by atoms with Gasteiger partial charge in [0.1, 0.15) is 16.4 Å². The zero-order chi connectivity index (χ0) is 13.3. The molecule has 3 N–H and O–H groups in total. The van der Waals surface area contributed by atoms with Crippen LogP contribution in [0.2, 0.25) is 0 Å². The Kier molecular flexibility index (Phi) is 3.53. The quantitative estimate of drug-likeness (QED) is 0.331. The van der Waals surface area contributed by atoms with Gasteiger partial charge in [-0.1, -0.05) is 0 Å². The normalized spacial score (nSPS) is 12.2. The second-order valence-corrected chi connectivity index (χ2v) is 6.45. The largest absolute Gasteiger partial charge is 0.290 e. The van der Waals surface area contributed by atoms with E-state index in [1.54, 1.807) is 0 Å². The molecule has 0 atom stereocenters. The van der Waals surface area contributed by atoms with Crippen LogP contribution in [0.25, 0.3) is 0 Å². The van der Waals surface area contributed by atoms with Crippen LogP contribution in [0.5, 0.6) is 0 Å². The predicted molar refractivity (Wildman–Crippen MR) is 60.3 cm³/mol. The van der Waals surface area contributed by atoms with E-state index in [9.17, 15) is 12.8 Å². The molecule has 5 nitrogen and oxygen atoms in total. The molecular formula is C10H13FN2O3S. The fourth-order valence-electron chi connectivity index (χ4n) is 1.18. The van der Waals surface area contributed by atoms with Crippen molar-refractivity contribution >= 4 is 15.7 Å². The summed E-state index contributed by atoms with van der Waals surface area (Å²) in [4.78, 5) is -0.107. The van der Waals surface area contributed by atoms with Crippen molar-refractivity contribution in [3.8, 4) is 0 Å². The summed E-state index contributed by atoms with van der Waals surface area (Å²) in [6.07, 6.45) is 0. The molecule has 0 aromatic heterocycles. The van der Waals surface area contributed by atoms with Crippen LogP contribution < -0.4 is 5.48 Å². The van der Waals surface area contributed by atoms with Gasteiger partial charge in [-0.15, -0.1) is 0 Å². The molecule has 94 valence electrons. The summed E-state index contributed by atoms with van der Waals surface area (Å²) in [5, 5.41) is 16.0. The van der Waals surface area contributed by atoms with E-state index in [1.807, 2.05) is 0 Å². The Hall–Kier alpha value is -1.47. The van der Waals surface area contributed by atoms with Gasteiger partial charge in [-0.3, -0.25) is 16.1 Å². The molecule has 7 heteroatoms. The molecule has 1 aromatic rings. The number of hydroxylamine groups is 1. The van der Waals surface area contributed by atoms with Gasteiger partial charge in [0.2, 0.25) is 0 Å². The van der Waals surface area contributed by atoms with Crippen molar-refractivity contribution in [1.82, 2.24) is 5.48 Å². The lowest BCUT2D eigenvalue weighted by molar-refractivity contribution is 0.228. The molecule has 0 bridgehead atoms. The van der Waals surface area contributed by atoms with Crippen molar-refractivity contribution < 1.29 is 18.0 Å². The molecule has 0 spiro atoms. The third kappa shape index (κ3) is 2.29. The Morgan fingerprint density at radius 3 is 2.24 bits per heavy atom. The molecule has 0 aliphatic rings. The lowest BCUT2D eigenvalue weighted by Gasteiger charge is -2.24. The van der Waals surface area contributed by atoms with Gasteiger partial charge in [-0.25, -0.2) is 12.8 Å². The number of halogens is 1. The smallest absolute Gasteiger partial charge is 0.190 e. The summed E-state index contributed by atoms with van der Waals surface area (Å²) in [6, 6.07) is 4.30. The Labute approximate surface area is 98.7 Å². The van der Waals surface area contributed by atoms with Gasteiger partial charge in [0.15, 0.2) is 9.84 Å². The average Bonchev–Trinajstić information content (AvgIpc) is 2.28. The summed E-state index contributed by atoms with van der Waals surface area (Å²) < 4.78 is 35.4. The maximum absolute atomic E-state index is 12.7. The number of hydrogen-bond acceptors (Lipinski definition) is 4. The molecular weight excluding hydrogens is 247 g/mol. The molecule has 1 aromatic carbocycles. The molecule has 0 saturated heterocycles. The fraction of sp³-hybridized carbons (Fsp3) is 0.300. The van der Waals surface area contributed by atoms with Gasteiger partial charge >= 0.3 is 0 Å². The third-order valence-electron chi connectivity index (χ3n) is 2.51. The van der Waals surface area contributed by atoms with E-state index in [-0.39, 0.29) is 4.90 Å². The predicted octanol–water partition coefficient (Wildman–Crippen LogP) is 1.33. The van der Waals surface area contributed by atoms with E-state index >= 15 is 0 Å². The van der Waals surface area contributed by atoms with Crippen molar-refractivity contribution in [3.05, 3.63) is 30.1 Å². The maximum Gasteiger partial charge on any atom is 0.190 e. The number of hydrogen-bond donors (Lipinski definition) is 3. The number of benzene rings is 1. The number of sulfone groups is 1. The fourth-order valence-corrected chi connectivity index (χ4v) is 2.58. The van der Waals surface area contributed by atoms with Gasteiger partial charge in [0, 0.05) is 0 Å². The minimum Gasteiger partial charge on any atom is -0.290 e. The van der Waals surface area contributed by atoms with Crippen molar-refractivity contribution in [3.63, 3.8) is 0 Å². The van der Waals surface area contributed by atoms with E-state index in [4.69, 9.17) is 10.6 Å². The molecule has 0 amide bonds. The van der Waals surface area contributed by atoms with Crippen LogP contribution in [0.3, 0.4) is 0 Å². The molecule has 0 unspecified atom stereocenters. The third-order valence-corrected chi connectivity index (χ3v) is 4.95. The molecule has 0 fully saturated rings. The average molecular weight is 260 g/mol. The lowest BCUT2D eigenvalue weighted by Crippen LogP contribution is -2.46. The van der Waals surface area contributed by atoms with Crippen LogP contribution in [0.1, 0.15) is 13.8 Å². The highest BCUT2D eigenvalue weighted by Crippen LogP contribution is 2.25. The van der Waals surface area contributed by atoms with Crippen molar-refractivity contribution in [2.75, 3.05) is 0 Å². The first kappa shape index (κ1) is 13.6. The van der Waals surface area contributed by atoms with Crippen LogP contribution in [-0.2, 0) is 9.84 Å². The Balaban J connectivity index is 3.29. The SMILES string of the molecule is CC(C)(C(=N)NO)S(=O)(=O)c1ccc(F)cc1. The molecule has 0 saturated carbocycles. The molecule has 17 heavy (non-hydrogen) atoms. The van der Waals surface area contributed by atoms with E-state index in [2.05, 4.69) is 0 Å². The molecule has 0 aliphatic carbocycles. The molecule has 1 rings (SSSR count). The highest BCUT2D eigenvalue weighted by atomic mass is 32.2. The van der Waals surface area contributed by atoms with Crippen molar-refractivity contribution in [2.45, 2.75) is 23.5 Å². The standard InChI is InChI=1S/C10H13FN2O3S/c1-10(2,9(12)13-14)17(15,16)8-5-3-7(11)4-6-8/h3-6,14H,1-2H3,(H2,12,13). The summed E-state index contributed by atoms with van der Waals surface area (Å²) >= 11 is 0. The van der Waals surface area contributed by atoms with Gasteiger partial charge in [0.05, 0.1) is 4.90 Å². The Morgan fingerprint density at radius 1 is 1.35 bits per heavy atom. The number of rotatable bonds is 3. The van der Waals surface area contributed by atoms with E-state index in [1.165, 1.54) is 19.3 Å². The van der Waals surface area contributed by atoms with Crippen LogP contribution in [0.15, 0.2) is 29.2 Å². The van der Waals surface area contributed by atoms with Gasteiger partial charge < -0.3 is 0 Å².